The molecule has 1 aromatic heterocycles. The summed E-state index contributed by atoms with van der Waals surface area (Å²) in [4.78, 5) is 13.2. The first kappa shape index (κ1) is 13.0. The molecular formula is C17H13FOS. The Morgan fingerprint density at radius 2 is 1.90 bits per heavy atom. The molecule has 0 aliphatic rings. The number of ketones is 1. The van der Waals surface area contributed by atoms with E-state index >= 15 is 0 Å². The lowest BCUT2D eigenvalue weighted by atomic mass is 9.99. The van der Waals surface area contributed by atoms with Gasteiger partial charge in [0, 0.05) is 10.3 Å². The zero-order valence-electron chi connectivity index (χ0n) is 11.2. The monoisotopic (exact) mass is 284 g/mol. The summed E-state index contributed by atoms with van der Waals surface area (Å²) in [5.41, 5.74) is 2.82. The zero-order chi connectivity index (χ0) is 14.3. The van der Waals surface area contributed by atoms with E-state index < -0.39 is 0 Å². The van der Waals surface area contributed by atoms with E-state index in [9.17, 15) is 9.18 Å². The molecule has 3 aromatic rings. The van der Waals surface area contributed by atoms with Crippen LogP contribution in [-0.2, 0) is 0 Å². The van der Waals surface area contributed by atoms with Crippen molar-refractivity contribution in [3.8, 4) is 0 Å². The molecule has 2 aromatic carbocycles. The molecule has 0 spiro atoms. The van der Waals surface area contributed by atoms with Crippen LogP contribution < -0.4 is 0 Å². The third-order valence-corrected chi connectivity index (χ3v) is 4.67. The molecule has 1 heterocycles. The molecule has 20 heavy (non-hydrogen) atoms. The smallest absolute Gasteiger partial charge is 0.203 e. The van der Waals surface area contributed by atoms with Gasteiger partial charge in [-0.2, -0.15) is 0 Å². The highest BCUT2D eigenvalue weighted by molar-refractivity contribution is 7.21. The summed E-state index contributed by atoms with van der Waals surface area (Å²) < 4.78 is 14.1. The number of carbonyl (C=O) groups excluding carboxylic acids is 1. The van der Waals surface area contributed by atoms with Gasteiger partial charge in [0.05, 0.1) is 4.88 Å². The molecule has 3 heteroatoms. The Morgan fingerprint density at radius 3 is 2.70 bits per heavy atom. The van der Waals surface area contributed by atoms with E-state index in [2.05, 4.69) is 0 Å². The Hall–Kier alpha value is -2.00. The van der Waals surface area contributed by atoms with Crippen molar-refractivity contribution in [3.05, 3.63) is 69.8 Å². The minimum atomic E-state index is -0.277. The van der Waals surface area contributed by atoms with Crippen molar-refractivity contribution in [2.24, 2.45) is 0 Å². The van der Waals surface area contributed by atoms with Crippen LogP contribution in [0.2, 0.25) is 0 Å². The number of halogens is 1. The van der Waals surface area contributed by atoms with Gasteiger partial charge >= 0.3 is 0 Å². The van der Waals surface area contributed by atoms with Crippen LogP contribution in [0.3, 0.4) is 0 Å². The Morgan fingerprint density at radius 1 is 1.10 bits per heavy atom. The van der Waals surface area contributed by atoms with Gasteiger partial charge in [-0.15, -0.1) is 11.3 Å². The number of hydrogen-bond acceptors (Lipinski definition) is 2. The predicted molar refractivity (Wildman–Crippen MR) is 81.1 cm³/mol. The number of benzene rings is 2. The molecule has 100 valence electrons. The number of hydrogen-bond donors (Lipinski definition) is 0. The van der Waals surface area contributed by atoms with E-state index in [-0.39, 0.29) is 11.6 Å². The van der Waals surface area contributed by atoms with Gasteiger partial charge in [0.2, 0.25) is 5.78 Å². The Balaban J connectivity index is 2.10. The lowest BCUT2D eigenvalue weighted by molar-refractivity contribution is 0.104. The van der Waals surface area contributed by atoms with Crippen molar-refractivity contribution in [1.82, 2.24) is 0 Å². The molecule has 0 saturated heterocycles. The fraction of sp³-hybridized carbons (Fsp3) is 0.118. The predicted octanol–water partition coefficient (Wildman–Crippen LogP) is 4.89. The van der Waals surface area contributed by atoms with Crippen molar-refractivity contribution in [2.45, 2.75) is 13.8 Å². The van der Waals surface area contributed by atoms with Gasteiger partial charge in [0.15, 0.2) is 0 Å². The number of rotatable bonds is 2. The van der Waals surface area contributed by atoms with E-state index in [0.717, 1.165) is 26.8 Å². The molecule has 0 aliphatic carbocycles. The van der Waals surface area contributed by atoms with Crippen molar-refractivity contribution in [1.29, 1.82) is 0 Å². The average molecular weight is 284 g/mol. The molecule has 3 rings (SSSR count). The van der Waals surface area contributed by atoms with Gasteiger partial charge in [0.1, 0.15) is 5.82 Å². The minimum absolute atomic E-state index is 0.00723. The summed E-state index contributed by atoms with van der Waals surface area (Å²) in [5, 5.41) is 0.781. The van der Waals surface area contributed by atoms with Crippen LogP contribution in [0.1, 0.15) is 26.4 Å². The van der Waals surface area contributed by atoms with E-state index in [4.69, 9.17) is 0 Å². The topological polar surface area (TPSA) is 17.1 Å². The second kappa shape index (κ2) is 4.84. The highest BCUT2D eigenvalue weighted by Crippen LogP contribution is 2.29. The SMILES string of the molecule is Cc1cccc(C(=O)c2cc3cc(F)ccc3s2)c1C. The third-order valence-electron chi connectivity index (χ3n) is 3.55. The minimum Gasteiger partial charge on any atom is -0.288 e. The van der Waals surface area contributed by atoms with Crippen LogP contribution in [0.15, 0.2) is 42.5 Å². The van der Waals surface area contributed by atoms with Gasteiger partial charge in [-0.25, -0.2) is 4.39 Å². The molecule has 0 aliphatic heterocycles. The second-order valence-electron chi connectivity index (χ2n) is 4.87. The average Bonchev–Trinajstić information content (AvgIpc) is 2.84. The number of carbonyl (C=O) groups is 1. The first-order chi connectivity index (χ1) is 9.56. The lowest BCUT2D eigenvalue weighted by Gasteiger charge is -2.05. The normalized spacial score (nSPS) is 10.9. The molecule has 0 saturated carbocycles. The van der Waals surface area contributed by atoms with Crippen molar-refractivity contribution >= 4 is 27.2 Å². The maximum absolute atomic E-state index is 13.2. The maximum Gasteiger partial charge on any atom is 0.203 e. The summed E-state index contributed by atoms with van der Waals surface area (Å²) in [6.07, 6.45) is 0. The van der Waals surface area contributed by atoms with Crippen LogP contribution >= 0.6 is 11.3 Å². The molecule has 0 fully saturated rings. The molecule has 0 atom stereocenters. The fourth-order valence-corrected chi connectivity index (χ4v) is 3.25. The molecule has 0 amide bonds. The number of fused-ring (bicyclic) bond motifs is 1. The standard InChI is InChI=1S/C17H13FOS/c1-10-4-3-5-14(11(10)2)17(19)16-9-12-8-13(18)6-7-15(12)20-16/h3-9H,1-2H3. The highest BCUT2D eigenvalue weighted by Gasteiger charge is 2.15. The van der Waals surface area contributed by atoms with Gasteiger partial charge in [-0.3, -0.25) is 4.79 Å². The third kappa shape index (κ3) is 2.14. The van der Waals surface area contributed by atoms with Gasteiger partial charge in [-0.1, -0.05) is 18.2 Å². The second-order valence-corrected chi connectivity index (χ2v) is 5.95. The summed E-state index contributed by atoms with van der Waals surface area (Å²) in [6.45, 7) is 3.95. The van der Waals surface area contributed by atoms with Crippen molar-refractivity contribution in [3.63, 3.8) is 0 Å². The summed E-state index contributed by atoms with van der Waals surface area (Å²) in [5.74, 6) is -0.270. The van der Waals surface area contributed by atoms with Gasteiger partial charge in [0.25, 0.3) is 0 Å². The quantitative estimate of drug-likeness (QED) is 0.612. The number of aryl methyl sites for hydroxylation is 1. The van der Waals surface area contributed by atoms with Crippen molar-refractivity contribution < 1.29 is 9.18 Å². The van der Waals surface area contributed by atoms with Crippen LogP contribution in [0, 0.1) is 19.7 Å². The Bertz CT molecular complexity index is 817. The Kier molecular flexibility index (Phi) is 3.14. The molecular weight excluding hydrogens is 271 g/mol. The lowest BCUT2D eigenvalue weighted by Crippen LogP contribution is -2.02. The van der Waals surface area contributed by atoms with Crippen molar-refractivity contribution in [2.75, 3.05) is 0 Å². The number of thiophene rings is 1. The molecule has 0 bridgehead atoms. The van der Waals surface area contributed by atoms with E-state index in [0.29, 0.717) is 4.88 Å². The largest absolute Gasteiger partial charge is 0.288 e. The first-order valence-corrected chi connectivity index (χ1v) is 7.18. The van der Waals surface area contributed by atoms with E-state index in [1.807, 2.05) is 32.0 Å². The fourth-order valence-electron chi connectivity index (χ4n) is 2.26. The molecule has 0 radical (unpaired) electrons. The summed E-state index contributed by atoms with van der Waals surface area (Å²) >= 11 is 1.41. The van der Waals surface area contributed by atoms with Crippen LogP contribution in [-0.4, -0.2) is 5.78 Å². The molecule has 1 nitrogen and oxygen atoms in total. The van der Waals surface area contributed by atoms with Crippen LogP contribution in [0.25, 0.3) is 10.1 Å². The summed E-state index contributed by atoms with van der Waals surface area (Å²) in [7, 11) is 0. The maximum atomic E-state index is 13.2. The van der Waals surface area contributed by atoms with Crippen LogP contribution in [0.5, 0.6) is 0 Å². The summed E-state index contributed by atoms with van der Waals surface area (Å²) in [6, 6.07) is 12.1. The first-order valence-electron chi connectivity index (χ1n) is 6.36. The highest BCUT2D eigenvalue weighted by atomic mass is 32.1. The van der Waals surface area contributed by atoms with Gasteiger partial charge < -0.3 is 0 Å². The van der Waals surface area contributed by atoms with E-state index in [1.54, 1.807) is 12.1 Å². The van der Waals surface area contributed by atoms with Crippen LogP contribution in [0.4, 0.5) is 4.39 Å². The zero-order valence-corrected chi connectivity index (χ0v) is 12.1. The van der Waals surface area contributed by atoms with Gasteiger partial charge in [-0.05, 0) is 54.6 Å². The molecule has 0 N–H and O–H groups in total. The molecule has 0 unspecified atom stereocenters. The Labute approximate surface area is 120 Å². The van der Waals surface area contributed by atoms with E-state index in [1.165, 1.54) is 23.5 Å².